The summed E-state index contributed by atoms with van der Waals surface area (Å²) < 4.78 is 13.3. The molecule has 0 spiro atoms. The van der Waals surface area contributed by atoms with E-state index in [-0.39, 0.29) is 17.4 Å². The van der Waals surface area contributed by atoms with Crippen molar-refractivity contribution in [2.45, 2.75) is 13.3 Å². The molecular weight excluding hydrogens is 287 g/mol. The van der Waals surface area contributed by atoms with Crippen molar-refractivity contribution in [3.05, 3.63) is 69.0 Å². The van der Waals surface area contributed by atoms with Crippen LogP contribution in [0, 0.1) is 22.9 Å². The van der Waals surface area contributed by atoms with Crippen LogP contribution in [0.15, 0.2) is 36.4 Å². The fourth-order valence-corrected chi connectivity index (χ4v) is 2.72. The fourth-order valence-electron chi connectivity index (χ4n) is 2.72. The van der Waals surface area contributed by atoms with Crippen LogP contribution in [0.4, 0.5) is 15.8 Å². The minimum Gasteiger partial charge on any atom is -0.302 e. The molecule has 0 aromatic heterocycles. The van der Waals surface area contributed by atoms with Gasteiger partial charge in [-0.25, -0.2) is 4.39 Å². The molecule has 0 saturated heterocycles. The molecule has 3 rings (SSSR count). The second-order valence-corrected chi connectivity index (χ2v) is 5.21. The van der Waals surface area contributed by atoms with Crippen LogP contribution in [-0.2, 0) is 6.42 Å². The first-order valence-corrected chi connectivity index (χ1v) is 6.83. The normalized spacial score (nSPS) is 13.1. The summed E-state index contributed by atoms with van der Waals surface area (Å²) in [6.07, 6.45) is 0.572. The van der Waals surface area contributed by atoms with Gasteiger partial charge in [-0.05, 0) is 42.7 Å². The lowest BCUT2D eigenvalue weighted by atomic mass is 10.1. The molecule has 6 heteroatoms. The quantitative estimate of drug-likeness (QED) is 0.631. The Morgan fingerprint density at radius 3 is 2.77 bits per heavy atom. The smallest absolute Gasteiger partial charge is 0.293 e. The van der Waals surface area contributed by atoms with Gasteiger partial charge in [0.25, 0.3) is 11.6 Å². The molecule has 1 heterocycles. The number of hydrogen-bond donors (Lipinski definition) is 0. The Kier molecular flexibility index (Phi) is 3.36. The number of nitro groups is 1. The Morgan fingerprint density at radius 1 is 1.32 bits per heavy atom. The highest BCUT2D eigenvalue weighted by atomic mass is 19.1. The highest BCUT2D eigenvalue weighted by Crippen LogP contribution is 2.37. The molecule has 5 nitrogen and oxygen atoms in total. The highest BCUT2D eigenvalue weighted by molar-refractivity contribution is 6.08. The van der Waals surface area contributed by atoms with Crippen LogP contribution in [0.3, 0.4) is 0 Å². The molecular formula is C16H13FN2O3. The van der Waals surface area contributed by atoms with E-state index in [1.165, 1.54) is 29.2 Å². The Morgan fingerprint density at radius 2 is 2.09 bits per heavy atom. The molecule has 112 valence electrons. The summed E-state index contributed by atoms with van der Waals surface area (Å²) in [6.45, 7) is 1.96. The largest absolute Gasteiger partial charge is 0.302 e. The zero-order chi connectivity index (χ0) is 15.9. The number of nitro benzene ring substituents is 1. The number of nitrogens with zero attached hydrogens (tertiary/aromatic N) is 2. The molecule has 0 saturated carbocycles. The van der Waals surface area contributed by atoms with Crippen LogP contribution < -0.4 is 4.90 Å². The number of benzene rings is 2. The van der Waals surface area contributed by atoms with Crippen molar-refractivity contribution in [1.82, 2.24) is 0 Å². The lowest BCUT2D eigenvalue weighted by molar-refractivity contribution is -0.384. The van der Waals surface area contributed by atoms with Crippen molar-refractivity contribution in [3.8, 4) is 0 Å². The minimum atomic E-state index is -0.486. The van der Waals surface area contributed by atoms with Gasteiger partial charge in [0.1, 0.15) is 11.5 Å². The zero-order valence-corrected chi connectivity index (χ0v) is 11.9. The van der Waals surface area contributed by atoms with Crippen molar-refractivity contribution in [2.24, 2.45) is 0 Å². The highest BCUT2D eigenvalue weighted by Gasteiger charge is 2.32. The number of aryl methyl sites for hydroxylation is 1. The Labute approximate surface area is 126 Å². The first kappa shape index (κ1) is 14.2. The van der Waals surface area contributed by atoms with E-state index < -0.39 is 4.92 Å². The number of para-hydroxylation sites is 1. The van der Waals surface area contributed by atoms with E-state index in [2.05, 4.69) is 0 Å². The number of amides is 1. The standard InChI is InChI=1S/C16H13FN2O3/c1-10-9-12(5-6-13(10)17)16(20)18-8-7-11-3-2-4-14(15(11)18)19(21)22/h2-6,9H,7-8H2,1H3. The third kappa shape index (κ3) is 2.22. The van der Waals surface area contributed by atoms with E-state index in [1.54, 1.807) is 19.1 Å². The predicted molar refractivity (Wildman–Crippen MR) is 79.6 cm³/mol. The van der Waals surface area contributed by atoms with Gasteiger partial charge in [-0.2, -0.15) is 0 Å². The zero-order valence-electron chi connectivity index (χ0n) is 11.9. The van der Waals surface area contributed by atoms with Gasteiger partial charge in [0.05, 0.1) is 4.92 Å². The summed E-state index contributed by atoms with van der Waals surface area (Å²) in [7, 11) is 0. The summed E-state index contributed by atoms with van der Waals surface area (Å²) in [5.74, 6) is -0.736. The van der Waals surface area contributed by atoms with Gasteiger partial charge in [0, 0.05) is 18.2 Å². The van der Waals surface area contributed by atoms with E-state index >= 15 is 0 Å². The first-order valence-electron chi connectivity index (χ1n) is 6.83. The molecule has 0 aliphatic carbocycles. The van der Waals surface area contributed by atoms with Crippen molar-refractivity contribution in [3.63, 3.8) is 0 Å². The summed E-state index contributed by atoms with van der Waals surface area (Å²) in [5.41, 5.74) is 1.74. The van der Waals surface area contributed by atoms with Gasteiger partial charge >= 0.3 is 0 Å². The van der Waals surface area contributed by atoms with Crippen molar-refractivity contribution in [1.29, 1.82) is 0 Å². The molecule has 0 unspecified atom stereocenters. The van der Waals surface area contributed by atoms with Gasteiger partial charge in [-0.3, -0.25) is 14.9 Å². The van der Waals surface area contributed by atoms with Gasteiger partial charge < -0.3 is 4.90 Å². The molecule has 0 N–H and O–H groups in total. The molecule has 0 bridgehead atoms. The van der Waals surface area contributed by atoms with Gasteiger partial charge in [0.2, 0.25) is 0 Å². The summed E-state index contributed by atoms with van der Waals surface area (Å²) in [4.78, 5) is 24.7. The molecule has 2 aromatic carbocycles. The Balaban J connectivity index is 2.04. The third-order valence-corrected chi connectivity index (χ3v) is 3.82. The van der Waals surface area contributed by atoms with E-state index in [9.17, 15) is 19.3 Å². The number of carbonyl (C=O) groups excluding carboxylic acids is 1. The van der Waals surface area contributed by atoms with E-state index in [4.69, 9.17) is 0 Å². The Hall–Kier alpha value is -2.76. The molecule has 0 fully saturated rings. The summed E-state index contributed by atoms with van der Waals surface area (Å²) in [5, 5.41) is 11.2. The number of rotatable bonds is 2. The van der Waals surface area contributed by atoms with Crippen LogP contribution in [0.25, 0.3) is 0 Å². The maximum Gasteiger partial charge on any atom is 0.293 e. The van der Waals surface area contributed by atoms with Crippen molar-refractivity contribution >= 4 is 17.3 Å². The lowest BCUT2D eigenvalue weighted by Gasteiger charge is -2.17. The average molecular weight is 300 g/mol. The maximum absolute atomic E-state index is 13.3. The number of anilines is 1. The number of carbonyl (C=O) groups is 1. The van der Waals surface area contributed by atoms with E-state index in [1.807, 2.05) is 0 Å². The molecule has 0 atom stereocenters. The molecule has 1 aliphatic rings. The first-order chi connectivity index (χ1) is 10.5. The molecule has 22 heavy (non-hydrogen) atoms. The van der Waals surface area contributed by atoms with Crippen molar-refractivity contribution in [2.75, 3.05) is 11.4 Å². The van der Waals surface area contributed by atoms with Crippen molar-refractivity contribution < 1.29 is 14.1 Å². The second kappa shape index (κ2) is 5.22. The molecule has 1 aliphatic heterocycles. The number of fused-ring (bicyclic) bond motifs is 1. The lowest BCUT2D eigenvalue weighted by Crippen LogP contribution is -2.29. The number of hydrogen-bond acceptors (Lipinski definition) is 3. The van der Waals surface area contributed by atoms with E-state index in [0.717, 1.165) is 5.56 Å². The van der Waals surface area contributed by atoms with Crippen LogP contribution >= 0.6 is 0 Å². The minimum absolute atomic E-state index is 0.0813. The maximum atomic E-state index is 13.3. The summed E-state index contributed by atoms with van der Waals surface area (Å²) >= 11 is 0. The van der Waals surface area contributed by atoms with Gasteiger partial charge in [-0.15, -0.1) is 0 Å². The molecule has 0 radical (unpaired) electrons. The van der Waals surface area contributed by atoms with Gasteiger partial charge in [0.15, 0.2) is 0 Å². The van der Waals surface area contributed by atoms with E-state index in [0.29, 0.717) is 29.8 Å². The third-order valence-electron chi connectivity index (χ3n) is 3.82. The SMILES string of the molecule is Cc1cc(C(=O)N2CCc3cccc([N+](=O)[O-])c32)ccc1F. The molecule has 2 aromatic rings. The number of halogens is 1. The summed E-state index contributed by atoms with van der Waals surface area (Å²) in [6, 6.07) is 8.89. The van der Waals surface area contributed by atoms with Crippen LogP contribution in [0.5, 0.6) is 0 Å². The predicted octanol–water partition coefficient (Wildman–Crippen LogP) is 3.25. The Bertz CT molecular complexity index is 789. The monoisotopic (exact) mass is 300 g/mol. The van der Waals surface area contributed by atoms with Crippen LogP contribution in [-0.4, -0.2) is 17.4 Å². The fraction of sp³-hybridized carbons (Fsp3) is 0.188. The topological polar surface area (TPSA) is 63.5 Å². The average Bonchev–Trinajstić information content (AvgIpc) is 2.93. The van der Waals surface area contributed by atoms with Gasteiger partial charge in [-0.1, -0.05) is 12.1 Å². The second-order valence-electron chi connectivity index (χ2n) is 5.21. The van der Waals surface area contributed by atoms with Crippen LogP contribution in [0.2, 0.25) is 0 Å². The molecule has 1 amide bonds. The van der Waals surface area contributed by atoms with Crippen LogP contribution in [0.1, 0.15) is 21.5 Å².